The van der Waals surface area contributed by atoms with Crippen molar-refractivity contribution in [2.75, 3.05) is 6.61 Å². The molecule has 1 aromatic carbocycles. The van der Waals surface area contributed by atoms with E-state index in [4.69, 9.17) is 9.47 Å². The van der Waals surface area contributed by atoms with Gasteiger partial charge in [0.15, 0.2) is 0 Å². The second kappa shape index (κ2) is 2.99. The maximum atomic E-state index is 5.64. The number of aryl methyl sites for hydroxylation is 1. The Hall–Kier alpha value is -1.02. The quantitative estimate of drug-likeness (QED) is 0.656. The Balaban J connectivity index is 1.92. The van der Waals surface area contributed by atoms with Crippen molar-refractivity contribution in [1.29, 1.82) is 0 Å². The van der Waals surface area contributed by atoms with Gasteiger partial charge in [-0.25, -0.2) is 0 Å². The van der Waals surface area contributed by atoms with E-state index in [1.165, 1.54) is 11.1 Å². The van der Waals surface area contributed by atoms with Gasteiger partial charge in [-0.05, 0) is 49.9 Å². The Morgan fingerprint density at radius 3 is 2.87 bits per heavy atom. The molecule has 2 nitrogen and oxygen atoms in total. The van der Waals surface area contributed by atoms with Gasteiger partial charge in [-0.2, -0.15) is 0 Å². The van der Waals surface area contributed by atoms with E-state index >= 15 is 0 Å². The molecule has 0 N–H and O–H groups in total. The van der Waals surface area contributed by atoms with Crippen molar-refractivity contribution >= 4 is 0 Å². The predicted octanol–water partition coefficient (Wildman–Crippen LogP) is 2.86. The minimum atomic E-state index is 0.0315. The zero-order valence-corrected chi connectivity index (χ0v) is 9.25. The van der Waals surface area contributed by atoms with Crippen LogP contribution in [0.2, 0.25) is 0 Å². The van der Waals surface area contributed by atoms with Crippen LogP contribution in [-0.4, -0.2) is 12.2 Å². The molecule has 0 amide bonds. The minimum Gasteiger partial charge on any atom is -0.493 e. The van der Waals surface area contributed by atoms with Gasteiger partial charge in [0.2, 0.25) is 0 Å². The molecule has 0 radical (unpaired) electrons. The van der Waals surface area contributed by atoms with Crippen molar-refractivity contribution in [3.05, 3.63) is 29.3 Å². The minimum absolute atomic E-state index is 0.0315. The molecule has 2 aliphatic rings. The Morgan fingerprint density at radius 1 is 1.33 bits per heavy atom. The van der Waals surface area contributed by atoms with Crippen LogP contribution in [-0.2, 0) is 11.2 Å². The van der Waals surface area contributed by atoms with Gasteiger partial charge in [-0.3, -0.25) is 0 Å². The highest BCUT2D eigenvalue weighted by atomic mass is 16.6. The molecule has 1 atom stereocenters. The second-order valence-corrected chi connectivity index (χ2v) is 4.92. The Labute approximate surface area is 90.2 Å². The van der Waals surface area contributed by atoms with Crippen molar-refractivity contribution in [1.82, 2.24) is 0 Å². The summed E-state index contributed by atoms with van der Waals surface area (Å²) in [5, 5.41) is 0. The summed E-state index contributed by atoms with van der Waals surface area (Å²) in [6.07, 6.45) is 2.55. The molecule has 0 spiro atoms. The zero-order chi connectivity index (χ0) is 10.5. The van der Waals surface area contributed by atoms with E-state index in [1.807, 2.05) is 0 Å². The molecule has 2 heterocycles. The van der Waals surface area contributed by atoms with Crippen molar-refractivity contribution < 1.29 is 9.47 Å². The van der Waals surface area contributed by atoms with Crippen molar-refractivity contribution in [2.24, 2.45) is 0 Å². The molecule has 3 rings (SSSR count). The number of hydrogen-bond donors (Lipinski definition) is 0. The fourth-order valence-electron chi connectivity index (χ4n) is 2.28. The third kappa shape index (κ3) is 1.53. The standard InChI is InChI=1S/C13H16O2/c1-13(2)12(15-13)10-5-6-11-9(8-10)4-3-7-14-11/h5-6,8,12H,3-4,7H2,1-2H3. The number of epoxide rings is 1. The highest BCUT2D eigenvalue weighted by Gasteiger charge is 2.48. The fraction of sp³-hybridized carbons (Fsp3) is 0.538. The van der Waals surface area contributed by atoms with Gasteiger partial charge in [0.05, 0.1) is 12.2 Å². The lowest BCUT2D eigenvalue weighted by Crippen LogP contribution is -2.08. The summed E-state index contributed by atoms with van der Waals surface area (Å²) >= 11 is 0. The average molecular weight is 204 g/mol. The SMILES string of the molecule is CC1(C)OC1c1ccc2c(c1)CCCO2. The molecular weight excluding hydrogens is 188 g/mol. The first kappa shape index (κ1) is 9.22. The van der Waals surface area contributed by atoms with Crippen molar-refractivity contribution in [3.8, 4) is 5.75 Å². The smallest absolute Gasteiger partial charge is 0.122 e. The van der Waals surface area contributed by atoms with Gasteiger partial charge in [-0.15, -0.1) is 0 Å². The lowest BCUT2D eigenvalue weighted by atomic mass is 9.98. The molecular formula is C13H16O2. The molecule has 1 unspecified atom stereocenters. The molecule has 0 aromatic heterocycles. The van der Waals surface area contributed by atoms with Crippen LogP contribution in [0, 0.1) is 0 Å². The Morgan fingerprint density at radius 2 is 2.13 bits per heavy atom. The fourth-order valence-corrected chi connectivity index (χ4v) is 2.28. The number of rotatable bonds is 1. The van der Waals surface area contributed by atoms with Crippen LogP contribution in [0.4, 0.5) is 0 Å². The van der Waals surface area contributed by atoms with E-state index < -0.39 is 0 Å². The van der Waals surface area contributed by atoms with Gasteiger partial charge < -0.3 is 9.47 Å². The zero-order valence-electron chi connectivity index (χ0n) is 9.25. The third-order valence-electron chi connectivity index (χ3n) is 3.23. The van der Waals surface area contributed by atoms with Crippen molar-refractivity contribution in [2.45, 2.75) is 38.4 Å². The van der Waals surface area contributed by atoms with Crippen LogP contribution in [0.15, 0.2) is 18.2 Å². The van der Waals surface area contributed by atoms with Crippen LogP contribution >= 0.6 is 0 Å². The summed E-state index contributed by atoms with van der Waals surface area (Å²) in [4.78, 5) is 0. The predicted molar refractivity (Wildman–Crippen MR) is 58.2 cm³/mol. The van der Waals surface area contributed by atoms with E-state index in [-0.39, 0.29) is 11.7 Å². The molecule has 1 fully saturated rings. The average Bonchev–Trinajstić information content (AvgIpc) is 2.87. The van der Waals surface area contributed by atoms with Gasteiger partial charge in [-0.1, -0.05) is 6.07 Å². The summed E-state index contributed by atoms with van der Waals surface area (Å²) in [6.45, 7) is 5.12. The number of hydrogen-bond acceptors (Lipinski definition) is 2. The highest BCUT2D eigenvalue weighted by Crippen LogP contribution is 2.49. The third-order valence-corrected chi connectivity index (χ3v) is 3.23. The molecule has 15 heavy (non-hydrogen) atoms. The maximum Gasteiger partial charge on any atom is 0.122 e. The first-order valence-corrected chi connectivity index (χ1v) is 5.60. The lowest BCUT2D eigenvalue weighted by Gasteiger charge is -2.17. The molecule has 1 aromatic rings. The largest absolute Gasteiger partial charge is 0.493 e. The molecule has 2 aliphatic heterocycles. The molecule has 2 heteroatoms. The van der Waals surface area contributed by atoms with Crippen LogP contribution < -0.4 is 4.74 Å². The van der Waals surface area contributed by atoms with Gasteiger partial charge in [0.25, 0.3) is 0 Å². The first-order valence-electron chi connectivity index (χ1n) is 5.60. The van der Waals surface area contributed by atoms with Crippen LogP contribution in [0.3, 0.4) is 0 Å². The first-order chi connectivity index (χ1) is 7.17. The topological polar surface area (TPSA) is 21.8 Å². The second-order valence-electron chi connectivity index (χ2n) is 4.92. The van der Waals surface area contributed by atoms with Crippen LogP contribution in [0.1, 0.15) is 37.5 Å². The summed E-state index contributed by atoms with van der Waals surface area (Å²) < 4.78 is 11.2. The summed E-state index contributed by atoms with van der Waals surface area (Å²) in [6, 6.07) is 6.46. The molecule has 0 bridgehead atoms. The Kier molecular flexibility index (Phi) is 1.84. The van der Waals surface area contributed by atoms with E-state index in [0.29, 0.717) is 0 Å². The van der Waals surface area contributed by atoms with E-state index in [9.17, 15) is 0 Å². The van der Waals surface area contributed by atoms with Gasteiger partial charge in [0, 0.05) is 0 Å². The van der Waals surface area contributed by atoms with E-state index in [2.05, 4.69) is 32.0 Å². The normalized spacial score (nSPS) is 26.7. The Bertz CT molecular complexity index is 396. The summed E-state index contributed by atoms with van der Waals surface area (Å²) in [7, 11) is 0. The van der Waals surface area contributed by atoms with Gasteiger partial charge >= 0.3 is 0 Å². The molecule has 1 saturated heterocycles. The molecule has 0 aliphatic carbocycles. The molecule has 0 saturated carbocycles. The van der Waals surface area contributed by atoms with E-state index in [1.54, 1.807) is 0 Å². The number of fused-ring (bicyclic) bond motifs is 1. The highest BCUT2D eigenvalue weighted by molar-refractivity contribution is 5.41. The lowest BCUT2D eigenvalue weighted by molar-refractivity contribution is 0.288. The summed E-state index contributed by atoms with van der Waals surface area (Å²) in [5.41, 5.74) is 2.67. The van der Waals surface area contributed by atoms with Crippen LogP contribution in [0.25, 0.3) is 0 Å². The number of benzene rings is 1. The van der Waals surface area contributed by atoms with Crippen molar-refractivity contribution in [3.63, 3.8) is 0 Å². The number of ether oxygens (including phenoxy) is 2. The van der Waals surface area contributed by atoms with E-state index in [0.717, 1.165) is 25.2 Å². The maximum absolute atomic E-state index is 5.64. The van der Waals surface area contributed by atoms with Gasteiger partial charge in [0.1, 0.15) is 11.9 Å². The monoisotopic (exact) mass is 204 g/mol. The van der Waals surface area contributed by atoms with Crippen LogP contribution in [0.5, 0.6) is 5.75 Å². The summed E-state index contributed by atoms with van der Waals surface area (Å²) in [5.74, 6) is 1.06. The molecule has 80 valence electrons.